The highest BCUT2D eigenvalue weighted by Crippen LogP contribution is 1.64. The number of rotatable bonds is 2. The molecule has 0 radical (unpaired) electrons. The van der Waals surface area contributed by atoms with Crippen LogP contribution in [0.15, 0.2) is 30.0 Å². The van der Waals surface area contributed by atoms with Crippen molar-refractivity contribution in [1.82, 2.24) is 0 Å². The summed E-state index contributed by atoms with van der Waals surface area (Å²) >= 11 is 0. The zero-order valence-electron chi connectivity index (χ0n) is 4.04. The summed E-state index contributed by atoms with van der Waals surface area (Å²) in [7, 11) is 0. The van der Waals surface area contributed by atoms with Crippen molar-refractivity contribution in [3.63, 3.8) is 0 Å². The van der Waals surface area contributed by atoms with E-state index in [1.807, 2.05) is 0 Å². The fourth-order valence-corrected chi connectivity index (χ4v) is 0.160. The van der Waals surface area contributed by atoms with Crippen molar-refractivity contribution in [3.05, 3.63) is 25.1 Å². The molecule has 0 aromatic rings. The summed E-state index contributed by atoms with van der Waals surface area (Å²) in [6.45, 7) is 3.41. The van der Waals surface area contributed by atoms with Gasteiger partial charge in [-0.3, -0.25) is 4.99 Å². The molecule has 0 unspecified atom stereocenters. The standard InChI is InChI=1S/C5H8N2/c1-2-4-7-5-3-6/h2-5H,1,6H2/b5-3-,7-4-. The lowest BCUT2D eigenvalue weighted by molar-refractivity contribution is 1.50. The third-order valence-corrected chi connectivity index (χ3v) is 0.364. The van der Waals surface area contributed by atoms with Gasteiger partial charge in [-0.25, -0.2) is 0 Å². The minimum atomic E-state index is 1.36. The van der Waals surface area contributed by atoms with Gasteiger partial charge in [0.05, 0.1) is 0 Å². The highest BCUT2D eigenvalue weighted by atomic mass is 14.7. The third-order valence-electron chi connectivity index (χ3n) is 0.364. The minimum Gasteiger partial charge on any atom is -0.403 e. The summed E-state index contributed by atoms with van der Waals surface area (Å²) < 4.78 is 0. The van der Waals surface area contributed by atoms with E-state index in [4.69, 9.17) is 5.73 Å². The van der Waals surface area contributed by atoms with E-state index in [0.717, 1.165) is 0 Å². The second-order valence-electron chi connectivity index (χ2n) is 0.875. The van der Waals surface area contributed by atoms with Crippen molar-refractivity contribution in [2.45, 2.75) is 0 Å². The minimum absolute atomic E-state index is 1.36. The average molecular weight is 96.1 g/mol. The second kappa shape index (κ2) is 4.95. The van der Waals surface area contributed by atoms with Crippen molar-refractivity contribution in [3.8, 4) is 0 Å². The maximum absolute atomic E-state index is 4.94. The summed E-state index contributed by atoms with van der Waals surface area (Å²) in [5.74, 6) is 0. The first kappa shape index (κ1) is 5.95. The Morgan fingerprint density at radius 1 is 1.57 bits per heavy atom. The molecule has 0 amide bonds. The molecule has 0 bridgehead atoms. The molecule has 0 aliphatic carbocycles. The first-order chi connectivity index (χ1) is 3.41. The van der Waals surface area contributed by atoms with E-state index < -0.39 is 0 Å². The topological polar surface area (TPSA) is 38.4 Å². The summed E-state index contributed by atoms with van der Waals surface area (Å²) in [4.78, 5) is 3.66. The van der Waals surface area contributed by atoms with Crippen molar-refractivity contribution in [1.29, 1.82) is 0 Å². The van der Waals surface area contributed by atoms with E-state index in [2.05, 4.69) is 11.6 Å². The fraction of sp³-hybridized carbons (Fsp3) is 0. The molecule has 0 aromatic carbocycles. The molecule has 7 heavy (non-hydrogen) atoms. The highest BCUT2D eigenvalue weighted by Gasteiger charge is 1.51. The lowest BCUT2D eigenvalue weighted by Gasteiger charge is -1.67. The van der Waals surface area contributed by atoms with Gasteiger partial charge in [0.25, 0.3) is 0 Å². The van der Waals surface area contributed by atoms with E-state index >= 15 is 0 Å². The van der Waals surface area contributed by atoms with Gasteiger partial charge in [-0.1, -0.05) is 12.7 Å². The molecule has 0 aliphatic rings. The van der Waals surface area contributed by atoms with Gasteiger partial charge in [0.1, 0.15) is 0 Å². The van der Waals surface area contributed by atoms with Gasteiger partial charge in [0.15, 0.2) is 0 Å². The number of nitrogens with two attached hydrogens (primary N) is 1. The zero-order chi connectivity index (χ0) is 5.54. The Labute approximate surface area is 43.1 Å². The van der Waals surface area contributed by atoms with Crippen LogP contribution < -0.4 is 5.73 Å². The van der Waals surface area contributed by atoms with Crippen LogP contribution in [0, 0.1) is 0 Å². The summed E-state index contributed by atoms with van der Waals surface area (Å²) in [6.07, 6.45) is 5.99. The average Bonchev–Trinajstić information content (AvgIpc) is 1.69. The lowest BCUT2D eigenvalue weighted by Crippen LogP contribution is -1.72. The van der Waals surface area contributed by atoms with Crippen molar-refractivity contribution in [2.75, 3.05) is 0 Å². The van der Waals surface area contributed by atoms with E-state index in [0.29, 0.717) is 0 Å². The van der Waals surface area contributed by atoms with Gasteiger partial charge in [-0.2, -0.15) is 0 Å². The maximum atomic E-state index is 4.94. The summed E-state index contributed by atoms with van der Waals surface area (Å²) in [6, 6.07) is 0. The van der Waals surface area contributed by atoms with Gasteiger partial charge in [0, 0.05) is 18.6 Å². The second-order valence-corrected chi connectivity index (χ2v) is 0.875. The normalized spacial score (nSPS) is 10.9. The third kappa shape index (κ3) is 4.95. The molecule has 2 nitrogen and oxygen atoms in total. The molecule has 0 aliphatic heterocycles. The van der Waals surface area contributed by atoms with Crippen LogP contribution in [-0.2, 0) is 0 Å². The predicted molar refractivity (Wildman–Crippen MR) is 32.0 cm³/mol. The molecule has 0 spiro atoms. The van der Waals surface area contributed by atoms with Crippen LogP contribution in [0.4, 0.5) is 0 Å². The van der Waals surface area contributed by atoms with E-state index in [9.17, 15) is 0 Å². The molecule has 0 fully saturated rings. The Morgan fingerprint density at radius 3 is 2.71 bits per heavy atom. The van der Waals surface area contributed by atoms with Crippen molar-refractivity contribution in [2.24, 2.45) is 10.7 Å². The molecular weight excluding hydrogens is 88.1 g/mol. The Kier molecular flexibility index (Phi) is 4.21. The lowest BCUT2D eigenvalue weighted by atomic mass is 10.7. The Morgan fingerprint density at radius 2 is 2.29 bits per heavy atom. The number of allylic oxidation sites excluding steroid dienone is 1. The predicted octanol–water partition coefficient (Wildman–Crippen LogP) is 0.673. The smallest absolute Gasteiger partial charge is 0.0422 e. The first-order valence-corrected chi connectivity index (χ1v) is 1.92. The molecule has 0 saturated heterocycles. The number of aliphatic imine (C=N–C) groups is 1. The van der Waals surface area contributed by atoms with Crippen molar-refractivity contribution < 1.29 is 0 Å². The number of nitrogens with zero attached hydrogens (tertiary/aromatic N) is 1. The summed E-state index contributed by atoms with van der Waals surface area (Å²) in [5.41, 5.74) is 4.94. The highest BCUT2D eigenvalue weighted by molar-refractivity contribution is 5.70. The van der Waals surface area contributed by atoms with E-state index in [1.54, 1.807) is 12.3 Å². The van der Waals surface area contributed by atoms with Gasteiger partial charge in [-0.05, 0) is 0 Å². The Bertz CT molecular complexity index is 92.3. The van der Waals surface area contributed by atoms with Crippen LogP contribution in [0.2, 0.25) is 0 Å². The molecule has 0 atom stereocenters. The molecule has 0 rings (SSSR count). The van der Waals surface area contributed by atoms with Crippen LogP contribution in [0.3, 0.4) is 0 Å². The maximum Gasteiger partial charge on any atom is 0.0422 e. The molecular formula is C5H8N2. The molecule has 2 heteroatoms. The molecule has 2 N–H and O–H groups in total. The van der Waals surface area contributed by atoms with Gasteiger partial charge >= 0.3 is 0 Å². The van der Waals surface area contributed by atoms with Crippen LogP contribution in [0.25, 0.3) is 0 Å². The quantitative estimate of drug-likeness (QED) is 0.504. The van der Waals surface area contributed by atoms with Crippen LogP contribution in [-0.4, -0.2) is 6.21 Å². The fourth-order valence-electron chi connectivity index (χ4n) is 0.160. The molecule has 0 aromatic heterocycles. The van der Waals surface area contributed by atoms with Crippen molar-refractivity contribution >= 4 is 6.21 Å². The van der Waals surface area contributed by atoms with E-state index in [-0.39, 0.29) is 0 Å². The largest absolute Gasteiger partial charge is 0.403 e. The molecule has 0 saturated carbocycles. The van der Waals surface area contributed by atoms with Crippen LogP contribution >= 0.6 is 0 Å². The Balaban J connectivity index is 3.27. The Hall–Kier alpha value is -1.05. The summed E-state index contributed by atoms with van der Waals surface area (Å²) in [5, 5.41) is 0. The van der Waals surface area contributed by atoms with Gasteiger partial charge < -0.3 is 5.73 Å². The molecule has 38 valence electrons. The number of hydrogen-bond acceptors (Lipinski definition) is 2. The molecule has 0 heterocycles. The monoisotopic (exact) mass is 96.1 g/mol. The van der Waals surface area contributed by atoms with Crippen LogP contribution in [0.1, 0.15) is 0 Å². The van der Waals surface area contributed by atoms with E-state index in [1.165, 1.54) is 12.4 Å². The first-order valence-electron chi connectivity index (χ1n) is 1.92. The SMILES string of the molecule is C=C/C=N\C=C/N. The van der Waals surface area contributed by atoms with Crippen LogP contribution in [0.5, 0.6) is 0 Å². The van der Waals surface area contributed by atoms with Gasteiger partial charge in [-0.15, -0.1) is 0 Å². The number of hydrogen-bond donors (Lipinski definition) is 1. The van der Waals surface area contributed by atoms with Gasteiger partial charge in [0.2, 0.25) is 0 Å². The zero-order valence-corrected chi connectivity index (χ0v) is 4.04.